The average molecular weight is 286 g/mol. The second-order valence-corrected chi connectivity index (χ2v) is 5.82. The normalized spacial score (nSPS) is 19.6. The van der Waals surface area contributed by atoms with E-state index >= 15 is 0 Å². The third-order valence-corrected chi connectivity index (χ3v) is 4.62. The van der Waals surface area contributed by atoms with Gasteiger partial charge in [-0.25, -0.2) is 4.98 Å². The van der Waals surface area contributed by atoms with Crippen LogP contribution in [0.1, 0.15) is 32.5 Å². The van der Waals surface area contributed by atoms with Crippen LogP contribution in [-0.4, -0.2) is 40.1 Å². The minimum Gasteiger partial charge on any atom is -0.327 e. The fourth-order valence-corrected chi connectivity index (χ4v) is 3.51. The zero-order chi connectivity index (χ0) is 14.7. The summed E-state index contributed by atoms with van der Waals surface area (Å²) in [5.74, 6) is 1.15. The van der Waals surface area contributed by atoms with Gasteiger partial charge in [-0.3, -0.25) is 4.90 Å². The highest BCUT2D eigenvalue weighted by atomic mass is 15.2. The lowest BCUT2D eigenvalue weighted by molar-refractivity contribution is 0.259. The van der Waals surface area contributed by atoms with E-state index in [0.29, 0.717) is 6.04 Å². The summed E-state index contributed by atoms with van der Waals surface area (Å²) in [6, 6.07) is 9.11. The van der Waals surface area contributed by atoms with Crippen LogP contribution in [0, 0.1) is 0 Å². The Morgan fingerprint density at radius 2 is 2.10 bits per heavy atom. The minimum atomic E-state index is 0.703. The molecule has 1 fully saturated rings. The van der Waals surface area contributed by atoms with Crippen molar-refractivity contribution in [2.24, 2.45) is 0 Å². The predicted octanol–water partition coefficient (Wildman–Crippen LogP) is 2.63. The Bertz CT molecular complexity index is 589. The van der Waals surface area contributed by atoms with Gasteiger partial charge in [-0.05, 0) is 45.0 Å². The van der Waals surface area contributed by atoms with Gasteiger partial charge in [0, 0.05) is 19.1 Å². The van der Waals surface area contributed by atoms with Gasteiger partial charge in [0.15, 0.2) is 0 Å². The molecular formula is C17H26N4. The minimum absolute atomic E-state index is 0.703. The van der Waals surface area contributed by atoms with Crippen molar-refractivity contribution in [3.63, 3.8) is 0 Å². The summed E-state index contributed by atoms with van der Waals surface area (Å²) in [5.41, 5.74) is 2.35. The van der Waals surface area contributed by atoms with Crippen molar-refractivity contribution < 1.29 is 0 Å². The highest BCUT2D eigenvalue weighted by Gasteiger charge is 2.22. The third-order valence-electron chi connectivity index (χ3n) is 4.62. The number of nitrogens with zero attached hydrogens (tertiary/aromatic N) is 3. The van der Waals surface area contributed by atoms with Crippen LogP contribution in [0.15, 0.2) is 24.3 Å². The molecule has 1 N–H and O–H groups in total. The molecule has 1 aromatic carbocycles. The summed E-state index contributed by atoms with van der Waals surface area (Å²) < 4.78 is 2.31. The van der Waals surface area contributed by atoms with E-state index in [1.165, 1.54) is 31.4 Å². The van der Waals surface area contributed by atoms with Gasteiger partial charge in [0.1, 0.15) is 5.82 Å². The average Bonchev–Trinajstić information content (AvgIpc) is 3.10. The first-order valence-corrected chi connectivity index (χ1v) is 8.22. The number of rotatable bonds is 6. The van der Waals surface area contributed by atoms with Crippen LogP contribution >= 0.6 is 0 Å². The van der Waals surface area contributed by atoms with Crippen molar-refractivity contribution in [2.45, 2.75) is 45.8 Å². The van der Waals surface area contributed by atoms with Gasteiger partial charge in [0.2, 0.25) is 0 Å². The Kier molecular flexibility index (Phi) is 4.56. The Morgan fingerprint density at radius 3 is 2.90 bits per heavy atom. The maximum Gasteiger partial charge on any atom is 0.123 e. The van der Waals surface area contributed by atoms with E-state index in [0.717, 1.165) is 31.0 Å². The van der Waals surface area contributed by atoms with Gasteiger partial charge >= 0.3 is 0 Å². The first-order chi connectivity index (χ1) is 10.3. The van der Waals surface area contributed by atoms with Crippen LogP contribution in [0.25, 0.3) is 11.0 Å². The number of nitrogens with one attached hydrogen (secondary N) is 1. The number of hydrogen-bond donors (Lipinski definition) is 1. The van der Waals surface area contributed by atoms with Crippen LogP contribution in [0.4, 0.5) is 0 Å². The Hall–Kier alpha value is -1.39. The molecule has 2 heterocycles. The number of likely N-dealkylation sites (N-methyl/N-ethyl adjacent to an activating group) is 1. The molecule has 1 saturated heterocycles. The molecule has 2 aromatic rings. The first kappa shape index (κ1) is 14.5. The number of benzene rings is 1. The molecule has 4 heteroatoms. The predicted molar refractivity (Wildman–Crippen MR) is 87.4 cm³/mol. The highest BCUT2D eigenvalue weighted by Crippen LogP contribution is 2.17. The molecule has 1 aromatic heterocycles. The molecule has 114 valence electrons. The lowest BCUT2D eigenvalue weighted by Gasteiger charge is -2.22. The molecule has 0 spiro atoms. The highest BCUT2D eigenvalue weighted by molar-refractivity contribution is 5.75. The fraction of sp³-hybridized carbons (Fsp3) is 0.588. The van der Waals surface area contributed by atoms with E-state index in [1.807, 2.05) is 0 Å². The first-order valence-electron chi connectivity index (χ1n) is 8.22. The quantitative estimate of drug-likeness (QED) is 0.886. The van der Waals surface area contributed by atoms with Crippen LogP contribution in [-0.2, 0) is 13.1 Å². The maximum atomic E-state index is 4.77. The zero-order valence-electron chi connectivity index (χ0n) is 13.2. The number of imidazole rings is 1. The Labute approximate surface area is 127 Å². The lowest BCUT2D eigenvalue weighted by atomic mass is 10.2. The summed E-state index contributed by atoms with van der Waals surface area (Å²) >= 11 is 0. The molecule has 0 aliphatic carbocycles. The molecule has 3 rings (SSSR count). The zero-order valence-corrected chi connectivity index (χ0v) is 13.2. The fourth-order valence-electron chi connectivity index (χ4n) is 3.51. The summed E-state index contributed by atoms with van der Waals surface area (Å²) in [7, 11) is 0. The number of aryl methyl sites for hydroxylation is 1. The van der Waals surface area contributed by atoms with Crippen LogP contribution in [0.3, 0.4) is 0 Å². The summed E-state index contributed by atoms with van der Waals surface area (Å²) in [6.07, 6.45) is 2.67. The summed E-state index contributed by atoms with van der Waals surface area (Å²) in [6.45, 7) is 9.78. The molecule has 1 unspecified atom stereocenters. The van der Waals surface area contributed by atoms with E-state index in [-0.39, 0.29) is 0 Å². The van der Waals surface area contributed by atoms with Gasteiger partial charge in [-0.2, -0.15) is 0 Å². The molecule has 21 heavy (non-hydrogen) atoms. The van der Waals surface area contributed by atoms with E-state index < -0.39 is 0 Å². The summed E-state index contributed by atoms with van der Waals surface area (Å²) in [4.78, 5) is 7.35. The van der Waals surface area contributed by atoms with Crippen LogP contribution < -0.4 is 5.32 Å². The van der Waals surface area contributed by atoms with Gasteiger partial charge in [0.25, 0.3) is 0 Å². The second kappa shape index (κ2) is 6.58. The van der Waals surface area contributed by atoms with E-state index in [9.17, 15) is 0 Å². The monoisotopic (exact) mass is 286 g/mol. The van der Waals surface area contributed by atoms with E-state index in [2.05, 4.69) is 52.9 Å². The molecule has 1 aliphatic rings. The number of para-hydroxylation sites is 2. The van der Waals surface area contributed by atoms with Crippen LogP contribution in [0.5, 0.6) is 0 Å². The molecule has 0 bridgehead atoms. The van der Waals surface area contributed by atoms with Gasteiger partial charge in [-0.15, -0.1) is 0 Å². The van der Waals surface area contributed by atoms with E-state index in [1.54, 1.807) is 0 Å². The van der Waals surface area contributed by atoms with Crippen molar-refractivity contribution in [1.82, 2.24) is 19.8 Å². The number of likely N-dealkylation sites (tertiary alicyclic amines) is 1. The largest absolute Gasteiger partial charge is 0.327 e. The Balaban J connectivity index is 1.65. The molecule has 0 radical (unpaired) electrons. The maximum absolute atomic E-state index is 4.77. The van der Waals surface area contributed by atoms with Crippen LogP contribution in [0.2, 0.25) is 0 Å². The number of aromatic nitrogens is 2. The van der Waals surface area contributed by atoms with Gasteiger partial charge in [-0.1, -0.05) is 19.1 Å². The SMILES string of the molecule is CCN1CCCC1CNCc1nc2ccccc2n1CC. The molecule has 4 nitrogen and oxygen atoms in total. The molecular weight excluding hydrogens is 260 g/mol. The van der Waals surface area contributed by atoms with Crippen molar-refractivity contribution in [1.29, 1.82) is 0 Å². The van der Waals surface area contributed by atoms with Crippen molar-refractivity contribution in [3.05, 3.63) is 30.1 Å². The topological polar surface area (TPSA) is 33.1 Å². The smallest absolute Gasteiger partial charge is 0.123 e. The standard InChI is InChI=1S/C17H26N4/c1-3-20-11-7-8-14(20)12-18-13-17-19-15-9-5-6-10-16(15)21(17)4-2/h5-6,9-10,14,18H,3-4,7-8,11-13H2,1-2H3. The van der Waals surface area contributed by atoms with Gasteiger partial charge in [0.05, 0.1) is 17.6 Å². The van der Waals surface area contributed by atoms with E-state index in [4.69, 9.17) is 4.98 Å². The molecule has 0 saturated carbocycles. The molecule has 0 amide bonds. The Morgan fingerprint density at radius 1 is 1.24 bits per heavy atom. The third kappa shape index (κ3) is 2.97. The van der Waals surface area contributed by atoms with Gasteiger partial charge < -0.3 is 9.88 Å². The van der Waals surface area contributed by atoms with Crippen molar-refractivity contribution in [2.75, 3.05) is 19.6 Å². The molecule has 1 aliphatic heterocycles. The molecule has 1 atom stereocenters. The number of fused-ring (bicyclic) bond motifs is 1. The van der Waals surface area contributed by atoms with Crippen molar-refractivity contribution >= 4 is 11.0 Å². The number of hydrogen-bond acceptors (Lipinski definition) is 3. The lowest BCUT2D eigenvalue weighted by Crippen LogP contribution is -2.37. The summed E-state index contributed by atoms with van der Waals surface area (Å²) in [5, 5.41) is 3.62. The second-order valence-electron chi connectivity index (χ2n) is 5.82. The van der Waals surface area contributed by atoms with Crippen molar-refractivity contribution in [3.8, 4) is 0 Å².